The van der Waals surface area contributed by atoms with Crippen LogP contribution in [0.25, 0.3) is 0 Å². The maximum atomic E-state index is 13.1. The van der Waals surface area contributed by atoms with E-state index < -0.39 is 0 Å². The maximum Gasteiger partial charge on any atom is 0.318 e. The Hall–Kier alpha value is -2.89. The number of anilines is 2. The van der Waals surface area contributed by atoms with Gasteiger partial charge in [0, 0.05) is 24.8 Å². The first-order valence-electron chi connectivity index (χ1n) is 7.20. The van der Waals surface area contributed by atoms with Gasteiger partial charge in [0.15, 0.2) is 0 Å². The van der Waals surface area contributed by atoms with Gasteiger partial charge in [0.05, 0.1) is 0 Å². The van der Waals surface area contributed by atoms with Crippen LogP contribution in [0.2, 0.25) is 0 Å². The van der Waals surface area contributed by atoms with E-state index >= 15 is 0 Å². The van der Waals surface area contributed by atoms with Crippen LogP contribution >= 0.6 is 0 Å². The molecule has 2 aromatic carbocycles. The molecule has 0 radical (unpaired) electrons. The van der Waals surface area contributed by atoms with Crippen molar-refractivity contribution >= 4 is 23.3 Å². The molecule has 0 heterocycles. The van der Waals surface area contributed by atoms with E-state index in [1.165, 1.54) is 19.2 Å². The van der Waals surface area contributed by atoms with Crippen molar-refractivity contribution in [2.24, 2.45) is 0 Å². The van der Waals surface area contributed by atoms with Gasteiger partial charge in [-0.25, -0.2) is 9.18 Å². The number of benzene rings is 2. The number of halogens is 1. The molecule has 3 amide bonds. The van der Waals surface area contributed by atoms with Crippen LogP contribution in [0, 0.1) is 5.82 Å². The van der Waals surface area contributed by atoms with Gasteiger partial charge in [0.25, 0.3) is 0 Å². The molecule has 0 aromatic heterocycles. The van der Waals surface area contributed by atoms with E-state index in [4.69, 9.17) is 0 Å². The zero-order valence-corrected chi connectivity index (χ0v) is 12.7. The van der Waals surface area contributed by atoms with Gasteiger partial charge < -0.3 is 16.0 Å². The highest BCUT2D eigenvalue weighted by molar-refractivity contribution is 5.93. The fourth-order valence-corrected chi connectivity index (χ4v) is 2.04. The molecule has 3 N–H and O–H groups in total. The van der Waals surface area contributed by atoms with Crippen LogP contribution in [-0.4, -0.2) is 19.0 Å². The first-order valence-corrected chi connectivity index (χ1v) is 7.20. The molecular formula is C17H18FN3O2. The Morgan fingerprint density at radius 1 is 1.00 bits per heavy atom. The minimum absolute atomic E-state index is 0.175. The topological polar surface area (TPSA) is 70.2 Å². The highest BCUT2D eigenvalue weighted by Gasteiger charge is 2.05. The summed E-state index contributed by atoms with van der Waals surface area (Å²) in [5.41, 5.74) is 1.94. The van der Waals surface area contributed by atoms with Crippen molar-refractivity contribution in [2.45, 2.75) is 12.8 Å². The van der Waals surface area contributed by atoms with E-state index in [2.05, 4.69) is 16.0 Å². The predicted molar refractivity (Wildman–Crippen MR) is 87.9 cm³/mol. The number of urea groups is 1. The molecule has 120 valence electrons. The summed E-state index contributed by atoms with van der Waals surface area (Å²) in [6, 6.07) is 12.7. The van der Waals surface area contributed by atoms with Crippen molar-refractivity contribution in [3.8, 4) is 0 Å². The molecule has 0 spiro atoms. The third kappa shape index (κ3) is 5.43. The Kier molecular flexibility index (Phi) is 5.68. The van der Waals surface area contributed by atoms with Crippen LogP contribution < -0.4 is 16.0 Å². The van der Waals surface area contributed by atoms with Gasteiger partial charge in [0.1, 0.15) is 5.82 Å². The number of aryl methyl sites for hydroxylation is 1. The van der Waals surface area contributed by atoms with Gasteiger partial charge in [-0.2, -0.15) is 0 Å². The number of carbonyl (C=O) groups excluding carboxylic acids is 2. The largest absolute Gasteiger partial charge is 0.341 e. The van der Waals surface area contributed by atoms with E-state index in [9.17, 15) is 14.0 Å². The standard InChI is InChI=1S/C17H18FN3O2/c1-19-17(23)21-15-7-3-6-14(11-15)20-16(22)9-8-12-4-2-5-13(18)10-12/h2-7,10-11H,8-9H2,1H3,(H,20,22)(H2,19,21,23). The molecule has 23 heavy (non-hydrogen) atoms. The smallest absolute Gasteiger partial charge is 0.318 e. The van der Waals surface area contributed by atoms with Crippen molar-refractivity contribution in [1.29, 1.82) is 0 Å². The van der Waals surface area contributed by atoms with E-state index in [1.54, 1.807) is 36.4 Å². The number of hydrogen-bond acceptors (Lipinski definition) is 2. The summed E-state index contributed by atoms with van der Waals surface area (Å²) in [5.74, 6) is -0.484. The highest BCUT2D eigenvalue weighted by Crippen LogP contribution is 2.15. The molecule has 0 saturated heterocycles. The summed E-state index contributed by atoms with van der Waals surface area (Å²) < 4.78 is 13.1. The van der Waals surface area contributed by atoms with Crippen LogP contribution in [0.15, 0.2) is 48.5 Å². The van der Waals surface area contributed by atoms with Gasteiger partial charge in [-0.3, -0.25) is 4.79 Å². The molecule has 0 aliphatic heterocycles. The van der Waals surface area contributed by atoms with Crippen molar-refractivity contribution in [3.63, 3.8) is 0 Å². The first-order chi connectivity index (χ1) is 11.1. The number of carbonyl (C=O) groups is 2. The van der Waals surface area contributed by atoms with Gasteiger partial charge in [0.2, 0.25) is 5.91 Å². The van der Waals surface area contributed by atoms with Crippen molar-refractivity contribution < 1.29 is 14.0 Å². The highest BCUT2D eigenvalue weighted by atomic mass is 19.1. The summed E-state index contributed by atoms with van der Waals surface area (Å²) in [5, 5.41) is 7.83. The Morgan fingerprint density at radius 2 is 1.70 bits per heavy atom. The lowest BCUT2D eigenvalue weighted by Crippen LogP contribution is -2.24. The minimum Gasteiger partial charge on any atom is -0.341 e. The Balaban J connectivity index is 1.90. The van der Waals surface area contributed by atoms with Gasteiger partial charge >= 0.3 is 6.03 Å². The SMILES string of the molecule is CNC(=O)Nc1cccc(NC(=O)CCc2cccc(F)c2)c1. The number of nitrogens with one attached hydrogen (secondary N) is 3. The molecule has 0 aliphatic rings. The molecule has 0 bridgehead atoms. The summed E-state index contributed by atoms with van der Waals surface area (Å²) >= 11 is 0. The van der Waals surface area contributed by atoms with Crippen molar-refractivity contribution in [1.82, 2.24) is 5.32 Å². The Labute approximate surface area is 133 Å². The second kappa shape index (κ2) is 7.93. The van der Waals surface area contributed by atoms with E-state index in [-0.39, 0.29) is 24.2 Å². The summed E-state index contributed by atoms with van der Waals surface area (Å²) in [6.07, 6.45) is 0.705. The number of hydrogen-bond donors (Lipinski definition) is 3. The number of amides is 3. The maximum absolute atomic E-state index is 13.1. The summed E-state index contributed by atoms with van der Waals surface area (Å²) in [4.78, 5) is 23.2. The van der Waals surface area contributed by atoms with E-state index in [0.717, 1.165) is 5.56 Å². The second-order valence-corrected chi connectivity index (χ2v) is 4.96. The zero-order valence-electron chi connectivity index (χ0n) is 12.7. The fourth-order valence-electron chi connectivity index (χ4n) is 2.04. The lowest BCUT2D eigenvalue weighted by molar-refractivity contribution is -0.116. The molecule has 0 fully saturated rings. The van der Waals surface area contributed by atoms with E-state index in [0.29, 0.717) is 17.8 Å². The first kappa shape index (κ1) is 16.5. The van der Waals surface area contributed by atoms with Crippen LogP contribution in [-0.2, 0) is 11.2 Å². The average Bonchev–Trinajstić information content (AvgIpc) is 2.53. The zero-order chi connectivity index (χ0) is 16.7. The Morgan fingerprint density at radius 3 is 2.39 bits per heavy atom. The minimum atomic E-state index is -0.334. The van der Waals surface area contributed by atoms with Gasteiger partial charge in [-0.15, -0.1) is 0 Å². The van der Waals surface area contributed by atoms with Crippen molar-refractivity contribution in [3.05, 3.63) is 59.9 Å². The average molecular weight is 315 g/mol. The fraction of sp³-hybridized carbons (Fsp3) is 0.176. The quantitative estimate of drug-likeness (QED) is 0.793. The Bertz CT molecular complexity index is 704. The molecule has 2 aromatic rings. The van der Waals surface area contributed by atoms with Crippen molar-refractivity contribution in [2.75, 3.05) is 17.7 Å². The molecule has 5 nitrogen and oxygen atoms in total. The lowest BCUT2D eigenvalue weighted by atomic mass is 10.1. The number of rotatable bonds is 5. The van der Waals surface area contributed by atoms with Crippen LogP contribution in [0.3, 0.4) is 0 Å². The van der Waals surface area contributed by atoms with Crippen LogP contribution in [0.4, 0.5) is 20.6 Å². The second-order valence-electron chi connectivity index (χ2n) is 4.96. The molecule has 0 unspecified atom stereocenters. The molecule has 6 heteroatoms. The van der Waals surface area contributed by atoms with Crippen LogP contribution in [0.1, 0.15) is 12.0 Å². The molecule has 2 rings (SSSR count). The predicted octanol–water partition coefficient (Wildman–Crippen LogP) is 3.15. The summed E-state index contributed by atoms with van der Waals surface area (Å²) in [6.45, 7) is 0. The summed E-state index contributed by atoms with van der Waals surface area (Å²) in [7, 11) is 1.52. The third-order valence-electron chi connectivity index (χ3n) is 3.16. The molecular weight excluding hydrogens is 297 g/mol. The monoisotopic (exact) mass is 315 g/mol. The van der Waals surface area contributed by atoms with Gasteiger partial charge in [-0.05, 0) is 42.3 Å². The lowest BCUT2D eigenvalue weighted by Gasteiger charge is -2.08. The third-order valence-corrected chi connectivity index (χ3v) is 3.16. The molecule has 0 atom stereocenters. The molecule has 0 aliphatic carbocycles. The molecule has 0 saturated carbocycles. The van der Waals surface area contributed by atoms with Crippen LogP contribution in [0.5, 0.6) is 0 Å². The normalized spacial score (nSPS) is 10.0. The van der Waals surface area contributed by atoms with E-state index in [1.807, 2.05) is 0 Å². The van der Waals surface area contributed by atoms with Gasteiger partial charge in [-0.1, -0.05) is 18.2 Å².